The molecule has 0 aliphatic heterocycles. The Balaban J connectivity index is 0.00000225. The number of halogens is 2. The number of hydrogen-bond acceptors (Lipinski definition) is 2. The summed E-state index contributed by atoms with van der Waals surface area (Å²) in [4.78, 5) is 11.7. The Bertz CT molecular complexity index is 334. The molecule has 0 aromatic heterocycles. The summed E-state index contributed by atoms with van der Waals surface area (Å²) < 4.78 is 0.821. The minimum absolute atomic E-state index is 0. The fraction of sp³-hybridized carbons (Fsp3) is 0.364. The van der Waals surface area contributed by atoms with E-state index in [9.17, 15) is 4.79 Å². The van der Waals surface area contributed by atoms with Crippen molar-refractivity contribution in [2.75, 3.05) is 13.1 Å². The van der Waals surface area contributed by atoms with Crippen LogP contribution in [0.5, 0.6) is 0 Å². The van der Waals surface area contributed by atoms with Crippen LogP contribution < -0.4 is 11.1 Å². The lowest BCUT2D eigenvalue weighted by atomic mass is 10.2. The van der Waals surface area contributed by atoms with Crippen molar-refractivity contribution in [3.63, 3.8) is 0 Å². The molecule has 1 aromatic carbocycles. The van der Waals surface area contributed by atoms with Crippen LogP contribution >= 0.6 is 28.3 Å². The van der Waals surface area contributed by atoms with Gasteiger partial charge in [-0.15, -0.1) is 12.4 Å². The molecular formula is C11H16BrClN2O. The van der Waals surface area contributed by atoms with Crippen molar-refractivity contribution in [3.8, 4) is 0 Å². The molecule has 0 saturated heterocycles. The molecule has 0 spiro atoms. The molecule has 0 fully saturated rings. The molecule has 1 rings (SSSR count). The second-order valence-electron chi connectivity index (χ2n) is 3.23. The van der Waals surface area contributed by atoms with Crippen LogP contribution in [0.2, 0.25) is 0 Å². The van der Waals surface area contributed by atoms with Gasteiger partial charge < -0.3 is 11.1 Å². The Hall–Kier alpha value is -0.580. The first-order valence-electron chi connectivity index (χ1n) is 4.98. The monoisotopic (exact) mass is 306 g/mol. The smallest absolute Gasteiger partial charge is 0.252 e. The molecule has 5 heteroatoms. The topological polar surface area (TPSA) is 55.1 Å². The molecule has 1 aromatic rings. The first-order valence-corrected chi connectivity index (χ1v) is 5.78. The van der Waals surface area contributed by atoms with Crippen molar-refractivity contribution in [2.24, 2.45) is 5.73 Å². The zero-order chi connectivity index (χ0) is 11.1. The van der Waals surface area contributed by atoms with E-state index in [4.69, 9.17) is 5.73 Å². The van der Waals surface area contributed by atoms with Gasteiger partial charge in [-0.3, -0.25) is 4.79 Å². The molecule has 0 aliphatic carbocycles. The number of rotatable bonds is 5. The zero-order valence-corrected chi connectivity index (χ0v) is 11.3. The number of amides is 1. The van der Waals surface area contributed by atoms with Gasteiger partial charge in [0.2, 0.25) is 0 Å². The maximum Gasteiger partial charge on any atom is 0.252 e. The minimum Gasteiger partial charge on any atom is -0.352 e. The number of hydrogen-bond donors (Lipinski definition) is 2. The van der Waals surface area contributed by atoms with Gasteiger partial charge in [-0.1, -0.05) is 12.1 Å². The van der Waals surface area contributed by atoms with Gasteiger partial charge in [-0.2, -0.15) is 0 Å². The molecule has 0 heterocycles. The average molecular weight is 308 g/mol. The molecule has 0 unspecified atom stereocenters. The van der Waals surface area contributed by atoms with Gasteiger partial charge in [-0.25, -0.2) is 0 Å². The Labute approximate surface area is 110 Å². The predicted molar refractivity (Wildman–Crippen MR) is 72.0 cm³/mol. The summed E-state index contributed by atoms with van der Waals surface area (Å²) in [6.07, 6.45) is 1.86. The van der Waals surface area contributed by atoms with Crippen molar-refractivity contribution in [1.29, 1.82) is 0 Å². The van der Waals surface area contributed by atoms with Crippen molar-refractivity contribution < 1.29 is 4.79 Å². The van der Waals surface area contributed by atoms with Gasteiger partial charge >= 0.3 is 0 Å². The molecule has 0 aliphatic rings. The zero-order valence-electron chi connectivity index (χ0n) is 8.91. The molecule has 90 valence electrons. The van der Waals surface area contributed by atoms with E-state index in [1.54, 1.807) is 6.07 Å². The van der Waals surface area contributed by atoms with Gasteiger partial charge in [0, 0.05) is 11.0 Å². The van der Waals surface area contributed by atoms with Gasteiger partial charge in [0.05, 0.1) is 5.56 Å². The number of carbonyl (C=O) groups is 1. The molecule has 0 saturated carbocycles. The molecule has 3 nitrogen and oxygen atoms in total. The number of unbranched alkanes of at least 4 members (excludes halogenated alkanes) is 1. The molecule has 16 heavy (non-hydrogen) atoms. The highest BCUT2D eigenvalue weighted by molar-refractivity contribution is 9.10. The summed E-state index contributed by atoms with van der Waals surface area (Å²) >= 11 is 3.34. The summed E-state index contributed by atoms with van der Waals surface area (Å²) in [5.41, 5.74) is 6.03. The van der Waals surface area contributed by atoms with E-state index in [1.807, 2.05) is 18.2 Å². The maximum absolute atomic E-state index is 11.7. The molecule has 0 bridgehead atoms. The van der Waals surface area contributed by atoms with Crippen molar-refractivity contribution in [3.05, 3.63) is 34.3 Å². The third kappa shape index (κ3) is 4.96. The van der Waals surface area contributed by atoms with Crippen LogP contribution in [0.4, 0.5) is 0 Å². The Morgan fingerprint density at radius 2 is 2.00 bits per heavy atom. The summed E-state index contributed by atoms with van der Waals surface area (Å²) in [5.74, 6) is -0.0421. The summed E-state index contributed by atoms with van der Waals surface area (Å²) in [6.45, 7) is 1.35. The van der Waals surface area contributed by atoms with Gasteiger partial charge in [0.1, 0.15) is 0 Å². The summed E-state index contributed by atoms with van der Waals surface area (Å²) in [7, 11) is 0. The van der Waals surface area contributed by atoms with Gasteiger partial charge in [0.25, 0.3) is 5.91 Å². The molecule has 3 N–H and O–H groups in total. The average Bonchev–Trinajstić information content (AvgIpc) is 2.25. The fourth-order valence-electron chi connectivity index (χ4n) is 1.21. The van der Waals surface area contributed by atoms with Crippen LogP contribution in [0.25, 0.3) is 0 Å². The van der Waals surface area contributed by atoms with Gasteiger partial charge in [0.15, 0.2) is 0 Å². The SMILES string of the molecule is Cl.NCCCCNC(=O)c1ccccc1Br. The van der Waals surface area contributed by atoms with Crippen LogP contribution in [0, 0.1) is 0 Å². The second-order valence-corrected chi connectivity index (χ2v) is 4.09. The van der Waals surface area contributed by atoms with Crippen LogP contribution in [-0.2, 0) is 0 Å². The standard InChI is InChI=1S/C11H15BrN2O.ClH/c12-10-6-2-1-5-9(10)11(15)14-8-4-3-7-13;/h1-2,5-6H,3-4,7-8,13H2,(H,14,15);1H. The van der Waals surface area contributed by atoms with Crippen LogP contribution in [0.3, 0.4) is 0 Å². The number of nitrogens with one attached hydrogen (secondary N) is 1. The normalized spacial score (nSPS) is 9.38. The molecular weight excluding hydrogens is 291 g/mol. The lowest BCUT2D eigenvalue weighted by Gasteiger charge is -2.05. The summed E-state index contributed by atoms with van der Waals surface area (Å²) in [6, 6.07) is 7.38. The van der Waals surface area contributed by atoms with E-state index in [2.05, 4.69) is 21.2 Å². The fourth-order valence-corrected chi connectivity index (χ4v) is 1.68. The Kier molecular flexibility index (Phi) is 8.25. The lowest BCUT2D eigenvalue weighted by molar-refractivity contribution is 0.0952. The lowest BCUT2D eigenvalue weighted by Crippen LogP contribution is -2.25. The van der Waals surface area contributed by atoms with Crippen molar-refractivity contribution in [2.45, 2.75) is 12.8 Å². The number of carbonyl (C=O) groups excluding carboxylic acids is 1. The van der Waals surface area contributed by atoms with E-state index < -0.39 is 0 Å². The minimum atomic E-state index is -0.0421. The maximum atomic E-state index is 11.7. The Morgan fingerprint density at radius 3 is 2.62 bits per heavy atom. The predicted octanol–water partition coefficient (Wildman–Crippen LogP) is 2.34. The van der Waals surface area contributed by atoms with E-state index in [0.717, 1.165) is 17.3 Å². The quantitative estimate of drug-likeness (QED) is 0.820. The first kappa shape index (κ1) is 15.4. The summed E-state index contributed by atoms with van der Waals surface area (Å²) in [5, 5.41) is 2.85. The third-order valence-corrected chi connectivity index (χ3v) is 2.73. The number of nitrogens with two attached hydrogens (primary N) is 1. The first-order chi connectivity index (χ1) is 7.25. The number of benzene rings is 1. The Morgan fingerprint density at radius 1 is 1.31 bits per heavy atom. The van der Waals surface area contributed by atoms with E-state index in [-0.39, 0.29) is 18.3 Å². The highest BCUT2D eigenvalue weighted by atomic mass is 79.9. The molecule has 1 amide bonds. The van der Waals surface area contributed by atoms with E-state index in [1.165, 1.54) is 0 Å². The molecule has 0 radical (unpaired) electrons. The van der Waals surface area contributed by atoms with E-state index in [0.29, 0.717) is 18.7 Å². The van der Waals surface area contributed by atoms with Crippen LogP contribution in [0.15, 0.2) is 28.7 Å². The van der Waals surface area contributed by atoms with Crippen molar-refractivity contribution >= 4 is 34.2 Å². The molecule has 0 atom stereocenters. The van der Waals surface area contributed by atoms with Gasteiger partial charge in [-0.05, 0) is 47.4 Å². The van der Waals surface area contributed by atoms with Crippen LogP contribution in [-0.4, -0.2) is 19.0 Å². The third-order valence-electron chi connectivity index (χ3n) is 2.03. The van der Waals surface area contributed by atoms with E-state index >= 15 is 0 Å². The largest absolute Gasteiger partial charge is 0.352 e. The van der Waals surface area contributed by atoms with Crippen LogP contribution in [0.1, 0.15) is 23.2 Å². The highest BCUT2D eigenvalue weighted by Crippen LogP contribution is 2.15. The highest BCUT2D eigenvalue weighted by Gasteiger charge is 2.07. The van der Waals surface area contributed by atoms with Crippen molar-refractivity contribution in [1.82, 2.24) is 5.32 Å². The second kappa shape index (κ2) is 8.56.